The topological polar surface area (TPSA) is 71.8 Å². The van der Waals surface area contributed by atoms with Crippen molar-refractivity contribution in [1.82, 2.24) is 9.97 Å². The minimum absolute atomic E-state index is 0.0495. The summed E-state index contributed by atoms with van der Waals surface area (Å²) in [5.74, 6) is 0.608. The van der Waals surface area contributed by atoms with Crippen molar-refractivity contribution in [3.63, 3.8) is 0 Å². The van der Waals surface area contributed by atoms with E-state index in [1.807, 2.05) is 13.8 Å². The van der Waals surface area contributed by atoms with Gasteiger partial charge in [-0.05, 0) is 19.8 Å². The third-order valence-electron chi connectivity index (χ3n) is 2.55. The fourth-order valence-corrected chi connectivity index (χ4v) is 1.67. The molecule has 4 heteroatoms. The van der Waals surface area contributed by atoms with Gasteiger partial charge in [0.15, 0.2) is 0 Å². The molecule has 0 aromatic carbocycles. The van der Waals surface area contributed by atoms with Crippen molar-refractivity contribution in [2.24, 2.45) is 5.73 Å². The summed E-state index contributed by atoms with van der Waals surface area (Å²) in [6, 6.07) is -0.160. The van der Waals surface area contributed by atoms with Crippen LogP contribution in [0, 0.1) is 6.92 Å². The van der Waals surface area contributed by atoms with Crippen molar-refractivity contribution in [1.29, 1.82) is 0 Å². The maximum Gasteiger partial charge on any atom is 0.254 e. The van der Waals surface area contributed by atoms with Gasteiger partial charge in [-0.2, -0.15) is 0 Å². The number of nitrogens with one attached hydrogen (secondary N) is 1. The van der Waals surface area contributed by atoms with Gasteiger partial charge in [0.05, 0.1) is 6.04 Å². The minimum Gasteiger partial charge on any atom is -0.321 e. The average molecular weight is 209 g/mol. The summed E-state index contributed by atoms with van der Waals surface area (Å²) >= 11 is 0. The predicted molar refractivity (Wildman–Crippen MR) is 60.8 cm³/mol. The van der Waals surface area contributed by atoms with Crippen LogP contribution in [0.2, 0.25) is 0 Å². The molecule has 0 aliphatic heterocycles. The first-order chi connectivity index (χ1) is 7.10. The van der Waals surface area contributed by atoms with E-state index in [1.54, 1.807) is 0 Å². The number of aromatic nitrogens is 2. The van der Waals surface area contributed by atoms with Crippen LogP contribution in [0.3, 0.4) is 0 Å². The predicted octanol–water partition coefficient (Wildman–Crippen LogP) is 1.44. The maximum absolute atomic E-state index is 11.6. The van der Waals surface area contributed by atoms with Crippen molar-refractivity contribution >= 4 is 0 Å². The lowest BCUT2D eigenvalue weighted by Crippen LogP contribution is -2.23. The van der Waals surface area contributed by atoms with Crippen LogP contribution >= 0.6 is 0 Å². The highest BCUT2D eigenvalue weighted by Gasteiger charge is 2.11. The molecular formula is C11H19N3O. The SMILES string of the molecule is CCCC(N)c1nc(C)c(CC)c(=O)[nH]1. The Morgan fingerprint density at radius 2 is 2.13 bits per heavy atom. The van der Waals surface area contributed by atoms with Gasteiger partial charge in [-0.25, -0.2) is 4.98 Å². The Balaban J connectivity index is 3.08. The Bertz CT molecular complexity index is 384. The van der Waals surface area contributed by atoms with Gasteiger partial charge in [0.1, 0.15) is 5.82 Å². The van der Waals surface area contributed by atoms with E-state index in [0.717, 1.165) is 24.1 Å². The number of aromatic amines is 1. The molecule has 3 N–H and O–H groups in total. The van der Waals surface area contributed by atoms with Gasteiger partial charge >= 0.3 is 0 Å². The van der Waals surface area contributed by atoms with Crippen LogP contribution in [0.4, 0.5) is 0 Å². The largest absolute Gasteiger partial charge is 0.321 e. The maximum atomic E-state index is 11.6. The normalized spacial score (nSPS) is 12.8. The van der Waals surface area contributed by atoms with Gasteiger partial charge in [0.2, 0.25) is 0 Å². The van der Waals surface area contributed by atoms with Crippen LogP contribution in [-0.2, 0) is 6.42 Å². The molecule has 84 valence electrons. The molecule has 0 saturated carbocycles. The standard InChI is InChI=1S/C11H19N3O/c1-4-6-9(12)10-13-7(3)8(5-2)11(15)14-10/h9H,4-6,12H2,1-3H3,(H,13,14,15). The molecule has 1 rings (SSSR count). The van der Waals surface area contributed by atoms with Crippen LogP contribution in [0.1, 0.15) is 49.8 Å². The molecule has 0 bridgehead atoms. The highest BCUT2D eigenvalue weighted by Crippen LogP contribution is 2.11. The lowest BCUT2D eigenvalue weighted by atomic mass is 10.1. The number of hydrogen-bond donors (Lipinski definition) is 2. The molecule has 0 amide bonds. The molecule has 1 unspecified atom stereocenters. The van der Waals surface area contributed by atoms with Gasteiger partial charge in [-0.1, -0.05) is 20.3 Å². The molecule has 0 radical (unpaired) electrons. The van der Waals surface area contributed by atoms with Crippen LogP contribution < -0.4 is 11.3 Å². The Morgan fingerprint density at radius 1 is 1.47 bits per heavy atom. The van der Waals surface area contributed by atoms with Gasteiger partial charge in [-0.15, -0.1) is 0 Å². The second kappa shape index (κ2) is 5.07. The van der Waals surface area contributed by atoms with Crippen LogP contribution in [0.15, 0.2) is 4.79 Å². The van der Waals surface area contributed by atoms with E-state index in [1.165, 1.54) is 0 Å². The van der Waals surface area contributed by atoms with Gasteiger partial charge in [-0.3, -0.25) is 4.79 Å². The molecule has 4 nitrogen and oxygen atoms in total. The molecule has 1 aromatic heterocycles. The molecular weight excluding hydrogens is 190 g/mol. The van der Waals surface area contributed by atoms with Crippen molar-refractivity contribution in [2.75, 3.05) is 0 Å². The smallest absolute Gasteiger partial charge is 0.254 e. The molecule has 0 aliphatic rings. The zero-order valence-electron chi connectivity index (χ0n) is 9.63. The number of nitrogens with two attached hydrogens (primary N) is 1. The van der Waals surface area contributed by atoms with Crippen molar-refractivity contribution in [2.45, 2.75) is 46.1 Å². The first-order valence-corrected chi connectivity index (χ1v) is 5.45. The van der Waals surface area contributed by atoms with E-state index in [4.69, 9.17) is 5.73 Å². The summed E-state index contributed by atoms with van der Waals surface area (Å²) in [4.78, 5) is 18.8. The van der Waals surface area contributed by atoms with Crippen molar-refractivity contribution in [3.8, 4) is 0 Å². The first-order valence-electron chi connectivity index (χ1n) is 5.45. The minimum atomic E-state index is -0.160. The van der Waals surface area contributed by atoms with Crippen LogP contribution in [-0.4, -0.2) is 9.97 Å². The molecule has 0 fully saturated rings. The lowest BCUT2D eigenvalue weighted by Gasteiger charge is -2.11. The summed E-state index contributed by atoms with van der Waals surface area (Å²) in [5, 5.41) is 0. The third-order valence-corrected chi connectivity index (χ3v) is 2.55. The molecule has 0 aliphatic carbocycles. The van der Waals surface area contributed by atoms with E-state index < -0.39 is 0 Å². The summed E-state index contributed by atoms with van der Waals surface area (Å²) in [6.45, 7) is 5.87. The average Bonchev–Trinajstić information content (AvgIpc) is 2.17. The summed E-state index contributed by atoms with van der Waals surface area (Å²) < 4.78 is 0. The molecule has 0 saturated heterocycles. The Hall–Kier alpha value is -1.16. The second-order valence-electron chi connectivity index (χ2n) is 3.76. The van der Waals surface area contributed by atoms with E-state index in [2.05, 4.69) is 16.9 Å². The lowest BCUT2D eigenvalue weighted by molar-refractivity contribution is 0.595. The summed E-state index contributed by atoms with van der Waals surface area (Å²) in [5.41, 5.74) is 7.40. The summed E-state index contributed by atoms with van der Waals surface area (Å²) in [7, 11) is 0. The fourth-order valence-electron chi connectivity index (χ4n) is 1.67. The van der Waals surface area contributed by atoms with E-state index in [0.29, 0.717) is 12.2 Å². The zero-order chi connectivity index (χ0) is 11.4. The molecule has 1 heterocycles. The van der Waals surface area contributed by atoms with E-state index >= 15 is 0 Å². The number of nitrogens with zero attached hydrogens (tertiary/aromatic N) is 1. The van der Waals surface area contributed by atoms with Gasteiger partial charge in [0.25, 0.3) is 5.56 Å². The number of H-pyrrole nitrogens is 1. The first kappa shape index (κ1) is 11.9. The Kier molecular flexibility index (Phi) is 4.03. The zero-order valence-corrected chi connectivity index (χ0v) is 9.63. The highest BCUT2D eigenvalue weighted by atomic mass is 16.1. The fraction of sp³-hybridized carbons (Fsp3) is 0.636. The second-order valence-corrected chi connectivity index (χ2v) is 3.76. The number of rotatable bonds is 4. The van der Waals surface area contributed by atoms with E-state index in [-0.39, 0.29) is 11.6 Å². The van der Waals surface area contributed by atoms with E-state index in [9.17, 15) is 4.79 Å². The molecule has 0 spiro atoms. The van der Waals surface area contributed by atoms with Crippen LogP contribution in [0.25, 0.3) is 0 Å². The quantitative estimate of drug-likeness (QED) is 0.788. The molecule has 15 heavy (non-hydrogen) atoms. The van der Waals surface area contributed by atoms with Crippen LogP contribution in [0.5, 0.6) is 0 Å². The van der Waals surface area contributed by atoms with Gasteiger partial charge < -0.3 is 10.7 Å². The van der Waals surface area contributed by atoms with Crippen molar-refractivity contribution < 1.29 is 0 Å². The van der Waals surface area contributed by atoms with Gasteiger partial charge in [0, 0.05) is 11.3 Å². The molecule has 1 aromatic rings. The Morgan fingerprint density at radius 3 is 2.60 bits per heavy atom. The van der Waals surface area contributed by atoms with Crippen molar-refractivity contribution in [3.05, 3.63) is 27.4 Å². The number of aryl methyl sites for hydroxylation is 1. The number of hydrogen-bond acceptors (Lipinski definition) is 3. The molecule has 1 atom stereocenters. The monoisotopic (exact) mass is 209 g/mol. The Labute approximate surface area is 89.9 Å². The summed E-state index contributed by atoms with van der Waals surface area (Å²) in [6.07, 6.45) is 2.53. The third kappa shape index (κ3) is 2.65. The highest BCUT2D eigenvalue weighted by molar-refractivity contribution is 5.17.